The molecule has 1 aromatic carbocycles. The molecule has 1 aromatic heterocycles. The average molecular weight is 439 g/mol. The number of carbonyl (C=O) groups is 3. The van der Waals surface area contributed by atoms with Crippen LogP contribution in [0.4, 0.5) is 19.7 Å². The van der Waals surface area contributed by atoms with Gasteiger partial charge in [-0.25, -0.2) is 19.4 Å². The van der Waals surface area contributed by atoms with E-state index in [0.29, 0.717) is 21.7 Å². The van der Waals surface area contributed by atoms with Crippen LogP contribution >= 0.6 is 15.9 Å². The Hall–Kier alpha value is -2.88. The molecule has 1 fully saturated rings. The van der Waals surface area contributed by atoms with Crippen LogP contribution in [0.1, 0.15) is 19.1 Å². The minimum Gasteiger partial charge on any atom is -0.469 e. The first-order chi connectivity index (χ1) is 12.8. The number of carbonyl (C=O) groups excluding carboxylic acids is 3. The van der Waals surface area contributed by atoms with Crippen molar-refractivity contribution in [1.29, 1.82) is 0 Å². The van der Waals surface area contributed by atoms with Crippen molar-refractivity contribution in [2.75, 3.05) is 5.32 Å². The molecule has 1 atom stereocenters. The van der Waals surface area contributed by atoms with Crippen molar-refractivity contribution in [3.8, 4) is 0 Å². The molecule has 1 aliphatic heterocycles. The Balaban J connectivity index is 1.63. The number of hydrogen-bond acceptors (Lipinski definition) is 4. The van der Waals surface area contributed by atoms with Gasteiger partial charge < -0.3 is 15.1 Å². The van der Waals surface area contributed by atoms with Crippen LogP contribution in [-0.2, 0) is 11.2 Å². The van der Waals surface area contributed by atoms with E-state index in [1.807, 2.05) is 0 Å². The third-order valence-electron chi connectivity index (χ3n) is 4.11. The fourth-order valence-electron chi connectivity index (χ4n) is 2.63. The van der Waals surface area contributed by atoms with Gasteiger partial charge in [-0.05, 0) is 43.7 Å². The first-order valence-corrected chi connectivity index (χ1v) is 8.79. The van der Waals surface area contributed by atoms with E-state index in [4.69, 9.17) is 4.42 Å². The number of anilines is 1. The molecule has 8 nitrogen and oxygen atoms in total. The van der Waals surface area contributed by atoms with Gasteiger partial charge >= 0.3 is 12.1 Å². The van der Waals surface area contributed by atoms with E-state index < -0.39 is 29.3 Å². The first-order valence-electron chi connectivity index (χ1n) is 8.00. The number of nitrogens with one attached hydrogen (secondary N) is 3. The van der Waals surface area contributed by atoms with Gasteiger partial charge in [-0.3, -0.25) is 4.79 Å². The number of halogens is 2. The molecule has 27 heavy (non-hydrogen) atoms. The molecule has 3 N–H and O–H groups in total. The van der Waals surface area contributed by atoms with Gasteiger partial charge in [0.2, 0.25) is 0 Å². The lowest BCUT2D eigenvalue weighted by molar-refractivity contribution is -0.132. The molecule has 0 bridgehead atoms. The highest BCUT2D eigenvalue weighted by molar-refractivity contribution is 9.10. The van der Waals surface area contributed by atoms with Gasteiger partial charge in [-0.2, -0.15) is 5.01 Å². The predicted octanol–water partition coefficient (Wildman–Crippen LogP) is 3.16. The van der Waals surface area contributed by atoms with Gasteiger partial charge in [0.05, 0.1) is 12.0 Å². The number of nitrogens with zero attached hydrogens (tertiary/aromatic N) is 1. The van der Waals surface area contributed by atoms with Gasteiger partial charge in [0.15, 0.2) is 0 Å². The topological polar surface area (TPSA) is 104 Å². The summed E-state index contributed by atoms with van der Waals surface area (Å²) in [4.78, 5) is 36.8. The van der Waals surface area contributed by atoms with Crippen LogP contribution in [-0.4, -0.2) is 28.5 Å². The minimum absolute atomic E-state index is 0.0941. The van der Waals surface area contributed by atoms with Gasteiger partial charge in [-0.15, -0.1) is 0 Å². The summed E-state index contributed by atoms with van der Waals surface area (Å²) in [7, 11) is 0. The molecular weight excluding hydrogens is 423 g/mol. The summed E-state index contributed by atoms with van der Waals surface area (Å²) in [5.74, 6) is -0.612. The van der Waals surface area contributed by atoms with E-state index in [2.05, 4.69) is 32.0 Å². The molecule has 10 heteroatoms. The maximum absolute atomic E-state index is 13.8. The lowest BCUT2D eigenvalue weighted by Gasteiger charge is -2.21. The van der Waals surface area contributed by atoms with Crippen LogP contribution in [0.2, 0.25) is 0 Å². The lowest BCUT2D eigenvalue weighted by atomic mass is 9.95. The van der Waals surface area contributed by atoms with Crippen LogP contribution in [0.3, 0.4) is 0 Å². The number of benzene rings is 1. The van der Waals surface area contributed by atoms with Gasteiger partial charge in [0.25, 0.3) is 5.91 Å². The summed E-state index contributed by atoms with van der Waals surface area (Å²) < 4.78 is 19.5. The molecule has 0 unspecified atom stereocenters. The number of furan rings is 1. The van der Waals surface area contributed by atoms with Gasteiger partial charge in [-0.1, -0.05) is 15.9 Å². The number of imide groups is 1. The standard InChI is InChI=1S/C17H16BrFN4O4/c1-17(7-6-11-3-2-8-27-11)14(24)23(16(26)21-17)22-15(25)20-13-5-4-10(18)9-12(13)19/h2-5,8-9H,6-7H2,1H3,(H,21,26)(H2,20,22,25)/t17-/m1/s1. The summed E-state index contributed by atoms with van der Waals surface area (Å²) in [5, 5.41) is 5.38. The molecule has 5 amide bonds. The third kappa shape index (κ3) is 4.11. The normalized spacial score (nSPS) is 19.1. The second kappa shape index (κ2) is 7.39. The van der Waals surface area contributed by atoms with Crippen LogP contribution in [0.15, 0.2) is 45.5 Å². The number of aryl methyl sites for hydroxylation is 1. The van der Waals surface area contributed by atoms with Crippen molar-refractivity contribution < 1.29 is 23.2 Å². The summed E-state index contributed by atoms with van der Waals surface area (Å²) >= 11 is 3.11. The van der Waals surface area contributed by atoms with E-state index >= 15 is 0 Å². The minimum atomic E-state index is -1.19. The van der Waals surface area contributed by atoms with Crippen molar-refractivity contribution in [3.05, 3.63) is 52.6 Å². The summed E-state index contributed by atoms with van der Waals surface area (Å²) in [5.41, 5.74) is 0.848. The highest BCUT2D eigenvalue weighted by Gasteiger charge is 2.48. The largest absolute Gasteiger partial charge is 0.469 e. The Morgan fingerprint density at radius 2 is 2.15 bits per heavy atom. The molecule has 0 aliphatic carbocycles. The molecular formula is C17H16BrFN4O4. The zero-order chi connectivity index (χ0) is 19.6. The Morgan fingerprint density at radius 3 is 2.81 bits per heavy atom. The fourth-order valence-corrected chi connectivity index (χ4v) is 2.96. The maximum atomic E-state index is 13.8. The van der Waals surface area contributed by atoms with E-state index in [-0.39, 0.29) is 12.1 Å². The van der Waals surface area contributed by atoms with Crippen LogP contribution in [0, 0.1) is 5.82 Å². The van der Waals surface area contributed by atoms with Crippen LogP contribution in [0.5, 0.6) is 0 Å². The smallest absolute Gasteiger partial charge is 0.344 e. The summed E-state index contributed by atoms with van der Waals surface area (Å²) in [6.45, 7) is 1.56. The zero-order valence-electron chi connectivity index (χ0n) is 14.2. The Kier molecular flexibility index (Phi) is 5.17. The number of hydrogen-bond donors (Lipinski definition) is 3. The molecule has 0 spiro atoms. The van der Waals surface area contributed by atoms with Crippen molar-refractivity contribution in [2.24, 2.45) is 0 Å². The van der Waals surface area contributed by atoms with E-state index in [0.717, 1.165) is 0 Å². The lowest BCUT2D eigenvalue weighted by Crippen LogP contribution is -2.50. The summed E-state index contributed by atoms with van der Waals surface area (Å²) in [6, 6.07) is 5.86. The highest BCUT2D eigenvalue weighted by Crippen LogP contribution is 2.23. The van der Waals surface area contributed by atoms with Crippen molar-refractivity contribution >= 4 is 39.6 Å². The molecule has 1 saturated heterocycles. The number of hydrazine groups is 1. The SMILES string of the molecule is C[C@]1(CCc2ccco2)NC(=O)N(NC(=O)Nc2ccc(Br)cc2F)C1=O. The number of urea groups is 2. The number of rotatable bonds is 5. The van der Waals surface area contributed by atoms with E-state index in [1.54, 1.807) is 19.1 Å². The molecule has 0 saturated carbocycles. The Bertz CT molecular complexity index is 889. The molecule has 2 aromatic rings. The summed E-state index contributed by atoms with van der Waals surface area (Å²) in [6.07, 6.45) is 2.23. The van der Waals surface area contributed by atoms with Gasteiger partial charge in [0, 0.05) is 10.9 Å². The quantitative estimate of drug-likeness (QED) is 0.623. The molecule has 0 radical (unpaired) electrons. The third-order valence-corrected chi connectivity index (χ3v) is 4.60. The second-order valence-corrected chi connectivity index (χ2v) is 7.09. The van der Waals surface area contributed by atoms with Gasteiger partial charge in [0.1, 0.15) is 17.1 Å². The first kappa shape index (κ1) is 18.9. The monoisotopic (exact) mass is 438 g/mol. The van der Waals surface area contributed by atoms with Crippen LogP contribution in [0.25, 0.3) is 0 Å². The predicted molar refractivity (Wildman–Crippen MR) is 97.1 cm³/mol. The molecule has 2 heterocycles. The van der Waals surface area contributed by atoms with Crippen LogP contribution < -0.4 is 16.1 Å². The number of amides is 5. The molecule has 1 aliphatic rings. The Labute approximate surface area is 162 Å². The zero-order valence-corrected chi connectivity index (χ0v) is 15.8. The maximum Gasteiger partial charge on any atom is 0.344 e. The molecule has 142 valence electrons. The van der Waals surface area contributed by atoms with E-state index in [1.165, 1.54) is 24.5 Å². The average Bonchev–Trinajstić information content (AvgIpc) is 3.19. The second-order valence-electron chi connectivity index (χ2n) is 6.17. The van der Waals surface area contributed by atoms with Crippen molar-refractivity contribution in [1.82, 2.24) is 15.8 Å². The molecule has 3 rings (SSSR count). The highest BCUT2D eigenvalue weighted by atomic mass is 79.9. The van der Waals surface area contributed by atoms with E-state index in [9.17, 15) is 18.8 Å². The fraction of sp³-hybridized carbons (Fsp3) is 0.235. The van der Waals surface area contributed by atoms with Crippen molar-refractivity contribution in [2.45, 2.75) is 25.3 Å². The Morgan fingerprint density at radius 1 is 1.37 bits per heavy atom. The van der Waals surface area contributed by atoms with Crippen molar-refractivity contribution in [3.63, 3.8) is 0 Å².